The van der Waals surface area contributed by atoms with E-state index in [1.807, 2.05) is 24.3 Å². The van der Waals surface area contributed by atoms with Crippen molar-refractivity contribution >= 4 is 33.8 Å². The van der Waals surface area contributed by atoms with Crippen molar-refractivity contribution in [2.45, 2.75) is 17.0 Å². The van der Waals surface area contributed by atoms with Crippen molar-refractivity contribution < 1.29 is 17.6 Å². The summed E-state index contributed by atoms with van der Waals surface area (Å²) in [6.45, 7) is 0. The summed E-state index contributed by atoms with van der Waals surface area (Å²) in [5.74, 6) is 0.354. The van der Waals surface area contributed by atoms with E-state index < -0.39 is 11.7 Å². The summed E-state index contributed by atoms with van der Waals surface area (Å²) in [7, 11) is 0. The summed E-state index contributed by atoms with van der Waals surface area (Å²) < 4.78 is 44.3. The molecule has 0 aliphatic heterocycles. The topological polar surface area (TPSA) is 38.9 Å². The Kier molecular flexibility index (Phi) is 3.88. The van der Waals surface area contributed by atoms with E-state index in [9.17, 15) is 13.2 Å². The molecule has 0 bridgehead atoms. The van der Waals surface area contributed by atoms with Crippen molar-refractivity contribution in [1.29, 1.82) is 0 Å². The van der Waals surface area contributed by atoms with Crippen molar-refractivity contribution in [2.24, 2.45) is 0 Å². The van der Waals surface area contributed by atoms with Crippen molar-refractivity contribution in [1.82, 2.24) is 9.97 Å². The fraction of sp³-hybridized carbons (Fsp3) is 0.111. The lowest BCUT2D eigenvalue weighted by Crippen LogP contribution is -2.04. The minimum absolute atomic E-state index is 0.354. The molecule has 7 heteroatoms. The summed E-state index contributed by atoms with van der Waals surface area (Å²) in [6, 6.07) is 12.8. The highest BCUT2D eigenvalue weighted by Crippen LogP contribution is 2.35. The SMILES string of the molecule is FC(F)(F)c1cccc(CSc2ncnc3c2oc2ccccc23)c1. The molecule has 0 fully saturated rings. The number of thioether (sulfide) groups is 1. The summed E-state index contributed by atoms with van der Waals surface area (Å²) in [5.41, 5.74) is 1.89. The summed E-state index contributed by atoms with van der Waals surface area (Å²) in [4.78, 5) is 8.49. The normalized spacial score (nSPS) is 12.1. The van der Waals surface area contributed by atoms with Crippen LogP contribution in [0.4, 0.5) is 13.2 Å². The molecule has 0 unspecified atom stereocenters. The van der Waals surface area contributed by atoms with Gasteiger partial charge in [0.25, 0.3) is 0 Å². The first kappa shape index (κ1) is 16.0. The Bertz CT molecular complexity index is 1060. The molecular weight excluding hydrogens is 349 g/mol. The molecule has 126 valence electrons. The standard InChI is InChI=1S/C18H11F3N2OS/c19-18(20,21)12-5-3-4-11(8-12)9-25-17-16-15(22-10-23-17)13-6-1-2-7-14(13)24-16/h1-8,10H,9H2. The highest BCUT2D eigenvalue weighted by molar-refractivity contribution is 7.98. The van der Waals surface area contributed by atoms with Crippen molar-refractivity contribution in [2.75, 3.05) is 0 Å². The zero-order chi connectivity index (χ0) is 17.4. The number of alkyl halides is 3. The van der Waals surface area contributed by atoms with E-state index in [0.29, 0.717) is 33.0 Å². The van der Waals surface area contributed by atoms with Gasteiger partial charge in [-0.25, -0.2) is 9.97 Å². The van der Waals surface area contributed by atoms with Gasteiger partial charge in [-0.1, -0.05) is 42.1 Å². The minimum atomic E-state index is -4.35. The van der Waals surface area contributed by atoms with E-state index >= 15 is 0 Å². The zero-order valence-corrected chi connectivity index (χ0v) is 13.6. The van der Waals surface area contributed by atoms with Crippen LogP contribution in [-0.4, -0.2) is 9.97 Å². The second-order valence-electron chi connectivity index (χ2n) is 5.44. The first-order valence-electron chi connectivity index (χ1n) is 7.43. The lowest BCUT2D eigenvalue weighted by Gasteiger charge is -2.08. The molecule has 0 aliphatic carbocycles. The molecule has 2 heterocycles. The summed E-state index contributed by atoms with van der Waals surface area (Å²) in [6.07, 6.45) is -2.90. The number of aromatic nitrogens is 2. The van der Waals surface area contributed by atoms with Gasteiger partial charge in [0, 0.05) is 11.1 Å². The molecule has 3 nitrogen and oxygen atoms in total. The first-order chi connectivity index (χ1) is 12.0. The summed E-state index contributed by atoms with van der Waals surface area (Å²) >= 11 is 1.33. The third kappa shape index (κ3) is 3.07. The lowest BCUT2D eigenvalue weighted by molar-refractivity contribution is -0.137. The van der Waals surface area contributed by atoms with Crippen LogP contribution in [0.1, 0.15) is 11.1 Å². The fourth-order valence-electron chi connectivity index (χ4n) is 2.59. The van der Waals surface area contributed by atoms with Gasteiger partial charge in [0.1, 0.15) is 22.5 Å². The maximum absolute atomic E-state index is 12.8. The van der Waals surface area contributed by atoms with E-state index in [4.69, 9.17) is 4.42 Å². The third-order valence-electron chi connectivity index (χ3n) is 3.76. The average molecular weight is 360 g/mol. The molecule has 0 aliphatic rings. The predicted molar refractivity (Wildman–Crippen MR) is 90.3 cm³/mol. The number of fused-ring (bicyclic) bond motifs is 3. The molecule has 0 radical (unpaired) electrons. The molecule has 25 heavy (non-hydrogen) atoms. The second kappa shape index (κ2) is 6.07. The maximum Gasteiger partial charge on any atom is 0.416 e. The molecule has 0 amide bonds. The van der Waals surface area contributed by atoms with Gasteiger partial charge < -0.3 is 4.42 Å². The molecule has 0 atom stereocenters. The molecule has 4 rings (SSSR count). The molecular formula is C18H11F3N2OS. The second-order valence-corrected chi connectivity index (χ2v) is 6.41. The molecule has 0 saturated carbocycles. The Morgan fingerprint density at radius 1 is 1.00 bits per heavy atom. The molecule has 0 spiro atoms. The number of furan rings is 1. The van der Waals surface area contributed by atoms with Gasteiger partial charge >= 0.3 is 6.18 Å². The van der Waals surface area contributed by atoms with Crippen LogP contribution in [0.3, 0.4) is 0 Å². The smallest absolute Gasteiger partial charge is 0.416 e. The van der Waals surface area contributed by atoms with Crippen LogP contribution in [0.5, 0.6) is 0 Å². The van der Waals surface area contributed by atoms with E-state index in [1.54, 1.807) is 6.07 Å². The monoisotopic (exact) mass is 360 g/mol. The highest BCUT2D eigenvalue weighted by atomic mass is 32.2. The number of hydrogen-bond donors (Lipinski definition) is 0. The van der Waals surface area contributed by atoms with Crippen LogP contribution in [-0.2, 0) is 11.9 Å². The van der Waals surface area contributed by atoms with Gasteiger partial charge in [-0.2, -0.15) is 13.2 Å². The van der Waals surface area contributed by atoms with E-state index in [0.717, 1.165) is 17.5 Å². The number of rotatable bonds is 3. The Morgan fingerprint density at radius 3 is 2.68 bits per heavy atom. The van der Waals surface area contributed by atoms with Crippen molar-refractivity contribution in [3.8, 4) is 0 Å². The highest BCUT2D eigenvalue weighted by Gasteiger charge is 2.30. The van der Waals surface area contributed by atoms with Crippen LogP contribution >= 0.6 is 11.8 Å². The minimum Gasteiger partial charge on any atom is -0.451 e. The van der Waals surface area contributed by atoms with E-state index in [2.05, 4.69) is 9.97 Å². The number of para-hydroxylation sites is 1. The zero-order valence-electron chi connectivity index (χ0n) is 12.7. The number of hydrogen-bond acceptors (Lipinski definition) is 4. The van der Waals surface area contributed by atoms with E-state index in [1.165, 1.54) is 24.2 Å². The van der Waals surface area contributed by atoms with Gasteiger partial charge in [0.2, 0.25) is 0 Å². The van der Waals surface area contributed by atoms with Crippen LogP contribution in [0.25, 0.3) is 22.1 Å². The Balaban J connectivity index is 1.66. The first-order valence-corrected chi connectivity index (χ1v) is 8.42. The van der Waals surface area contributed by atoms with Crippen LogP contribution < -0.4 is 0 Å². The van der Waals surface area contributed by atoms with Gasteiger partial charge in [-0.3, -0.25) is 0 Å². The summed E-state index contributed by atoms with van der Waals surface area (Å²) in [5, 5.41) is 1.50. The van der Waals surface area contributed by atoms with E-state index in [-0.39, 0.29) is 0 Å². The predicted octanol–water partition coefficient (Wildman–Crippen LogP) is 5.69. The Hall–Kier alpha value is -2.54. The Labute approximate surface area is 144 Å². The van der Waals surface area contributed by atoms with Crippen molar-refractivity contribution in [3.63, 3.8) is 0 Å². The van der Waals surface area contributed by atoms with Gasteiger partial charge in [0.15, 0.2) is 5.58 Å². The molecule has 0 saturated heterocycles. The average Bonchev–Trinajstić information content (AvgIpc) is 2.99. The van der Waals surface area contributed by atoms with Crippen molar-refractivity contribution in [3.05, 3.63) is 66.0 Å². The lowest BCUT2D eigenvalue weighted by atomic mass is 10.1. The largest absolute Gasteiger partial charge is 0.451 e. The molecule has 0 N–H and O–H groups in total. The maximum atomic E-state index is 12.8. The van der Waals surface area contributed by atoms with Gasteiger partial charge in [0.05, 0.1) is 5.56 Å². The third-order valence-corrected chi connectivity index (χ3v) is 4.80. The van der Waals surface area contributed by atoms with Crippen LogP contribution in [0, 0.1) is 0 Å². The quantitative estimate of drug-likeness (QED) is 0.348. The molecule has 2 aromatic heterocycles. The number of nitrogens with zero attached hydrogens (tertiary/aromatic N) is 2. The van der Waals surface area contributed by atoms with Gasteiger partial charge in [-0.15, -0.1) is 0 Å². The number of halogens is 3. The number of benzene rings is 2. The molecule has 4 aromatic rings. The fourth-order valence-corrected chi connectivity index (χ4v) is 3.47. The van der Waals surface area contributed by atoms with Gasteiger partial charge in [-0.05, 0) is 23.8 Å². The molecule has 2 aromatic carbocycles. The Morgan fingerprint density at radius 2 is 1.84 bits per heavy atom. The van der Waals surface area contributed by atoms with Crippen LogP contribution in [0.15, 0.2) is 64.3 Å². The van der Waals surface area contributed by atoms with Crippen LogP contribution in [0.2, 0.25) is 0 Å².